The van der Waals surface area contributed by atoms with E-state index < -0.39 is 11.4 Å². The molecule has 4 radical (unpaired) electrons. The van der Waals surface area contributed by atoms with Gasteiger partial charge in [-0.1, -0.05) is 116 Å². The van der Waals surface area contributed by atoms with Crippen molar-refractivity contribution >= 4 is 27.9 Å². The van der Waals surface area contributed by atoms with E-state index in [4.69, 9.17) is 40.5 Å². The fourth-order valence-corrected chi connectivity index (χ4v) is 8.29. The summed E-state index contributed by atoms with van der Waals surface area (Å²) < 4.78 is 10.9. The molecule has 0 aliphatic heterocycles. The summed E-state index contributed by atoms with van der Waals surface area (Å²) in [4.78, 5) is 26.4. The van der Waals surface area contributed by atoms with E-state index in [1.54, 1.807) is 7.11 Å². The molecule has 2 atom stereocenters. The fourth-order valence-electron chi connectivity index (χ4n) is 8.29. The number of hydrogen-bond donors (Lipinski definition) is 5. The maximum atomic E-state index is 12.9. The van der Waals surface area contributed by atoms with E-state index in [1.807, 2.05) is 0 Å². The summed E-state index contributed by atoms with van der Waals surface area (Å²) in [5.74, 6) is 1.79. The smallest absolute Gasteiger partial charge is 0.308 e. The molecule has 0 saturated heterocycles. The standard InChI is InChI=1S/C32H62BNO6.C15H27BO3/c1-39-26-15-7-5-11-22-34(24-13-14-25-35)23-12-6-8-16-27-40-31(36)30(28-29-18-17-19-29)20-9-3-2-4-10-21-32(33,37)38;16-15(18,19)10-5-3-1-2-4-7-14(12-17)11-13-8-6-9-13/h29-30,35,37-38H,2-28H2,1H3;12-14,18-19H,1-11H2. The normalized spacial score (nSPS) is 15.9. The Balaban J connectivity index is 0.000000761. The third kappa shape index (κ3) is 35.2. The number of aldehydes is 1. The summed E-state index contributed by atoms with van der Waals surface area (Å²) in [5.41, 5.74) is -4.06. The third-order valence-corrected chi connectivity index (χ3v) is 12.5. The number of unbranched alkanes of at least 4 members (excludes halogenated alkanes) is 15. The molecule has 10 nitrogen and oxygen atoms in total. The highest BCUT2D eigenvalue weighted by atomic mass is 16.5. The van der Waals surface area contributed by atoms with Crippen LogP contribution in [0.3, 0.4) is 0 Å². The van der Waals surface area contributed by atoms with Gasteiger partial charge in [-0.2, -0.15) is 0 Å². The number of methoxy groups -OCH3 is 1. The lowest BCUT2D eigenvalue weighted by Gasteiger charge is -2.29. The largest absolute Gasteiger partial charge is 0.465 e. The average molecular weight is 834 g/mol. The molecule has 0 amide bonds. The van der Waals surface area contributed by atoms with Crippen LogP contribution < -0.4 is 0 Å². The maximum absolute atomic E-state index is 12.9. The number of ether oxygens (including phenoxy) is 2. The van der Waals surface area contributed by atoms with Gasteiger partial charge in [-0.05, 0) is 121 Å². The summed E-state index contributed by atoms with van der Waals surface area (Å²) in [7, 11) is 12.0. The monoisotopic (exact) mass is 834 g/mol. The Labute approximate surface area is 363 Å². The van der Waals surface area contributed by atoms with Crippen LogP contribution in [0, 0.1) is 23.7 Å². The van der Waals surface area contributed by atoms with Crippen LogP contribution in [0.4, 0.5) is 0 Å². The minimum atomic E-state index is -2.05. The van der Waals surface area contributed by atoms with Crippen LogP contribution in [0.25, 0.3) is 0 Å². The quantitative estimate of drug-likeness (QED) is 0.0134. The van der Waals surface area contributed by atoms with Gasteiger partial charge in [-0.15, -0.1) is 0 Å². The van der Waals surface area contributed by atoms with E-state index in [9.17, 15) is 19.8 Å². The summed E-state index contributed by atoms with van der Waals surface area (Å²) >= 11 is 0. The second-order valence-corrected chi connectivity index (χ2v) is 18.3. The van der Waals surface area contributed by atoms with Gasteiger partial charge in [0.1, 0.15) is 17.7 Å². The molecule has 2 rings (SSSR count). The van der Waals surface area contributed by atoms with Crippen LogP contribution in [0.2, 0.25) is 0 Å². The highest BCUT2D eigenvalue weighted by Crippen LogP contribution is 2.35. The average Bonchev–Trinajstić information content (AvgIpc) is 3.15. The first-order chi connectivity index (χ1) is 28.4. The van der Waals surface area contributed by atoms with Crippen molar-refractivity contribution in [3.63, 3.8) is 0 Å². The van der Waals surface area contributed by atoms with Crippen molar-refractivity contribution in [2.75, 3.05) is 46.6 Å². The van der Waals surface area contributed by atoms with Crippen LogP contribution in [-0.4, -0.2) is 116 Å². The minimum Gasteiger partial charge on any atom is -0.465 e. The van der Waals surface area contributed by atoms with Crippen LogP contribution >= 0.6 is 0 Å². The second-order valence-electron chi connectivity index (χ2n) is 18.3. The first-order valence-corrected chi connectivity index (χ1v) is 24.3. The molecule has 0 aromatic carbocycles. The molecule has 2 aliphatic rings. The summed E-state index contributed by atoms with van der Waals surface area (Å²) in [6.07, 6.45) is 34.1. The maximum Gasteiger partial charge on any atom is 0.308 e. The number of esters is 1. The zero-order valence-electron chi connectivity index (χ0n) is 37.7. The van der Waals surface area contributed by atoms with E-state index in [1.165, 1.54) is 64.2 Å². The van der Waals surface area contributed by atoms with Crippen molar-refractivity contribution in [1.82, 2.24) is 4.90 Å². The van der Waals surface area contributed by atoms with E-state index in [-0.39, 0.29) is 37.3 Å². The van der Waals surface area contributed by atoms with Crippen molar-refractivity contribution in [2.45, 2.75) is 217 Å². The van der Waals surface area contributed by atoms with Gasteiger partial charge < -0.3 is 44.7 Å². The van der Waals surface area contributed by atoms with Gasteiger partial charge in [0.25, 0.3) is 0 Å². The van der Waals surface area contributed by atoms with Gasteiger partial charge in [-0.25, -0.2) is 0 Å². The molecular weight excluding hydrogens is 744 g/mol. The highest BCUT2D eigenvalue weighted by Gasteiger charge is 2.27. The summed E-state index contributed by atoms with van der Waals surface area (Å²) in [6, 6.07) is 0. The predicted molar refractivity (Wildman–Crippen MR) is 240 cm³/mol. The lowest BCUT2D eigenvalue weighted by atomic mass is 9.78. The fraction of sp³-hybridized carbons (Fsp3) is 0.957. The molecule has 0 heterocycles. The van der Waals surface area contributed by atoms with Gasteiger partial charge in [0.15, 0.2) is 15.7 Å². The first kappa shape index (κ1) is 56.0. The van der Waals surface area contributed by atoms with E-state index in [0.717, 1.165) is 160 Å². The van der Waals surface area contributed by atoms with Gasteiger partial charge in [-0.3, -0.25) is 4.79 Å². The summed E-state index contributed by atoms with van der Waals surface area (Å²) in [5, 5.41) is 45.4. The Morgan fingerprint density at radius 3 is 1.54 bits per heavy atom. The van der Waals surface area contributed by atoms with Crippen molar-refractivity contribution in [2.24, 2.45) is 23.7 Å². The van der Waals surface area contributed by atoms with Crippen LogP contribution in [0.15, 0.2) is 0 Å². The number of aliphatic hydroxyl groups is 5. The van der Waals surface area contributed by atoms with E-state index >= 15 is 0 Å². The molecule has 2 fully saturated rings. The van der Waals surface area contributed by atoms with E-state index in [2.05, 4.69) is 4.90 Å². The molecular formula is C47H89B2NO9. The molecule has 59 heavy (non-hydrogen) atoms. The number of carbonyl (C=O) groups is 2. The molecule has 0 spiro atoms. The number of nitrogens with zero attached hydrogens (tertiary/aromatic N) is 1. The first-order valence-electron chi connectivity index (χ1n) is 24.3. The predicted octanol–water partition coefficient (Wildman–Crippen LogP) is 8.24. The van der Waals surface area contributed by atoms with Crippen molar-refractivity contribution < 1.29 is 44.6 Å². The molecule has 2 unspecified atom stereocenters. The van der Waals surface area contributed by atoms with Gasteiger partial charge in [0.2, 0.25) is 0 Å². The zero-order valence-corrected chi connectivity index (χ0v) is 37.7. The second kappa shape index (κ2) is 36.5. The van der Waals surface area contributed by atoms with Gasteiger partial charge in [0.05, 0.1) is 12.5 Å². The van der Waals surface area contributed by atoms with Gasteiger partial charge in [0, 0.05) is 26.2 Å². The van der Waals surface area contributed by atoms with Crippen LogP contribution in [0.5, 0.6) is 0 Å². The number of rotatable bonds is 40. The molecule has 0 aromatic heterocycles. The number of carbonyl (C=O) groups excluding carboxylic acids is 2. The van der Waals surface area contributed by atoms with Crippen LogP contribution in [-0.2, 0) is 19.1 Å². The molecule has 0 aromatic rings. The van der Waals surface area contributed by atoms with Crippen molar-refractivity contribution in [3.8, 4) is 0 Å². The topological polar surface area (TPSA) is 157 Å². The molecule has 0 bridgehead atoms. The lowest BCUT2D eigenvalue weighted by Crippen LogP contribution is -2.27. The zero-order chi connectivity index (χ0) is 43.5. The molecule has 12 heteroatoms. The van der Waals surface area contributed by atoms with Crippen molar-refractivity contribution in [3.05, 3.63) is 0 Å². The third-order valence-electron chi connectivity index (χ3n) is 12.5. The number of hydrogen-bond acceptors (Lipinski definition) is 10. The molecule has 2 saturated carbocycles. The molecule has 342 valence electrons. The Kier molecular flexibility index (Phi) is 34.6. The van der Waals surface area contributed by atoms with E-state index in [0.29, 0.717) is 18.9 Å². The molecule has 5 N–H and O–H groups in total. The Bertz CT molecular complexity index is 972. The Morgan fingerprint density at radius 1 is 0.627 bits per heavy atom. The highest BCUT2D eigenvalue weighted by molar-refractivity contribution is 6.13. The van der Waals surface area contributed by atoms with Gasteiger partial charge >= 0.3 is 5.97 Å². The van der Waals surface area contributed by atoms with Crippen molar-refractivity contribution in [1.29, 1.82) is 0 Å². The Hall–Kier alpha value is -1.01. The van der Waals surface area contributed by atoms with Crippen LogP contribution in [0.1, 0.15) is 205 Å². The number of aliphatic hydroxyl groups excluding tert-OH is 1. The minimum absolute atomic E-state index is 0.000865. The lowest BCUT2D eigenvalue weighted by molar-refractivity contribution is -0.150. The SMILES string of the molecule is [B]C(O)(O)CCCCCCCC(C=O)CC1CCC1.[B]C(O)(O)CCCCCCCC(CC1CCC1)C(=O)OCCCCCCN(CCCCO)CCCCCCOC. The molecule has 2 aliphatic carbocycles. The summed E-state index contributed by atoms with van der Waals surface area (Å²) in [6.45, 7) is 4.98. The Morgan fingerprint density at radius 2 is 1.07 bits per heavy atom.